The van der Waals surface area contributed by atoms with Gasteiger partial charge in [-0.3, -0.25) is 0 Å². The van der Waals surface area contributed by atoms with Crippen LogP contribution < -0.4 is 4.74 Å². The Labute approximate surface area is 239 Å². The molecule has 220 valence electrons. The first-order valence-electron chi connectivity index (χ1n) is 13.0. The van der Waals surface area contributed by atoms with Gasteiger partial charge in [-0.1, -0.05) is 36.4 Å². The van der Waals surface area contributed by atoms with Crippen molar-refractivity contribution in [3.63, 3.8) is 0 Å². The normalized spacial score (nSPS) is 17.4. The van der Waals surface area contributed by atoms with Gasteiger partial charge in [-0.05, 0) is 54.8 Å². The predicted molar refractivity (Wildman–Crippen MR) is 147 cm³/mol. The number of unbranched alkanes of at least 4 members (excludes halogenated alkanes) is 1. The smallest absolute Gasteiger partial charge is 0.343 e. The standard InChI is InChI=1S/C32H27F5O5/c1-2-3-4-13-39-25-18-40-32(41-19-25)22-9-11-24(12-10-22)42-31(38)23-8-7-21(26(34)16-23)6-5-20-14-27(35)30(28(36)15-20)29(37)17-33/h2,5-12,14-17,25,32H,1,3-4,13,18-19H2/b6-5+,29-17-. The second kappa shape index (κ2) is 14.7. The zero-order valence-electron chi connectivity index (χ0n) is 22.3. The van der Waals surface area contributed by atoms with E-state index in [1.165, 1.54) is 24.3 Å². The number of hydrogen-bond acceptors (Lipinski definition) is 5. The van der Waals surface area contributed by atoms with Gasteiger partial charge >= 0.3 is 5.97 Å². The van der Waals surface area contributed by atoms with Crippen LogP contribution in [-0.4, -0.2) is 31.9 Å². The topological polar surface area (TPSA) is 54.0 Å². The van der Waals surface area contributed by atoms with Crippen LogP contribution in [-0.2, 0) is 14.2 Å². The lowest BCUT2D eigenvalue weighted by Crippen LogP contribution is -2.33. The molecule has 0 unspecified atom stereocenters. The third-order valence-electron chi connectivity index (χ3n) is 6.23. The van der Waals surface area contributed by atoms with Crippen molar-refractivity contribution in [2.75, 3.05) is 19.8 Å². The highest BCUT2D eigenvalue weighted by Gasteiger charge is 2.24. The molecule has 4 rings (SSSR count). The van der Waals surface area contributed by atoms with Gasteiger partial charge in [0.2, 0.25) is 0 Å². The first-order chi connectivity index (χ1) is 20.3. The predicted octanol–water partition coefficient (Wildman–Crippen LogP) is 8.13. The van der Waals surface area contributed by atoms with Gasteiger partial charge in [-0.2, -0.15) is 0 Å². The lowest BCUT2D eigenvalue weighted by atomic mass is 10.1. The number of carbonyl (C=O) groups is 1. The van der Waals surface area contributed by atoms with Crippen molar-refractivity contribution >= 4 is 23.9 Å². The summed E-state index contributed by atoms with van der Waals surface area (Å²) < 4.78 is 90.8. The quantitative estimate of drug-likeness (QED) is 0.0567. The lowest BCUT2D eigenvalue weighted by molar-refractivity contribution is -0.230. The number of esters is 1. The molecular weight excluding hydrogens is 559 g/mol. The Bertz CT molecular complexity index is 1440. The molecule has 0 saturated carbocycles. The van der Waals surface area contributed by atoms with E-state index in [0.717, 1.165) is 36.6 Å². The van der Waals surface area contributed by atoms with Crippen LogP contribution in [0.3, 0.4) is 0 Å². The van der Waals surface area contributed by atoms with E-state index >= 15 is 0 Å². The maximum Gasteiger partial charge on any atom is 0.343 e. The molecule has 0 aliphatic carbocycles. The summed E-state index contributed by atoms with van der Waals surface area (Å²) in [5, 5.41) is 0. The molecular formula is C32H27F5O5. The van der Waals surface area contributed by atoms with Crippen LogP contribution >= 0.6 is 0 Å². The molecule has 0 bridgehead atoms. The van der Waals surface area contributed by atoms with Crippen molar-refractivity contribution in [2.45, 2.75) is 25.2 Å². The molecule has 0 spiro atoms. The minimum Gasteiger partial charge on any atom is -0.423 e. The van der Waals surface area contributed by atoms with Crippen molar-refractivity contribution in [2.24, 2.45) is 0 Å². The molecule has 1 fully saturated rings. The van der Waals surface area contributed by atoms with E-state index in [1.54, 1.807) is 24.3 Å². The maximum atomic E-state index is 14.7. The largest absolute Gasteiger partial charge is 0.423 e. The minimum absolute atomic E-state index is 0.00696. The van der Waals surface area contributed by atoms with Gasteiger partial charge in [-0.25, -0.2) is 26.7 Å². The van der Waals surface area contributed by atoms with Crippen LogP contribution in [0.25, 0.3) is 18.0 Å². The summed E-state index contributed by atoms with van der Waals surface area (Å²) in [7, 11) is 0. The van der Waals surface area contributed by atoms with Gasteiger partial charge in [0, 0.05) is 17.7 Å². The average Bonchev–Trinajstić information content (AvgIpc) is 2.99. The molecule has 1 heterocycles. The molecule has 0 N–H and O–H groups in total. The Balaban J connectivity index is 1.32. The van der Waals surface area contributed by atoms with E-state index in [0.29, 0.717) is 19.8 Å². The van der Waals surface area contributed by atoms with Crippen LogP contribution in [0, 0.1) is 17.5 Å². The second-order valence-corrected chi connectivity index (χ2v) is 9.27. The monoisotopic (exact) mass is 586 g/mol. The molecule has 3 aromatic carbocycles. The van der Waals surface area contributed by atoms with E-state index in [-0.39, 0.29) is 28.5 Å². The molecule has 10 heteroatoms. The molecule has 0 amide bonds. The summed E-state index contributed by atoms with van der Waals surface area (Å²) >= 11 is 0. The summed E-state index contributed by atoms with van der Waals surface area (Å²) in [6.45, 7) is 5.03. The summed E-state index contributed by atoms with van der Waals surface area (Å²) in [5.41, 5.74) is -0.527. The SMILES string of the molecule is C=CCCCOC1COC(c2ccc(OC(=O)c3ccc(/C=C/c4cc(F)c(/C(F)=C/F)c(F)c4)c(F)c3)cc2)OC1. The number of benzene rings is 3. The third kappa shape index (κ3) is 8.00. The van der Waals surface area contributed by atoms with Crippen molar-refractivity contribution in [1.82, 2.24) is 0 Å². The first kappa shape index (κ1) is 30.8. The summed E-state index contributed by atoms with van der Waals surface area (Å²) in [6.07, 6.45) is 4.70. The van der Waals surface area contributed by atoms with E-state index in [4.69, 9.17) is 18.9 Å². The van der Waals surface area contributed by atoms with Gasteiger partial charge in [-0.15, -0.1) is 6.58 Å². The summed E-state index contributed by atoms with van der Waals surface area (Å²) in [5.74, 6) is -5.71. The molecule has 1 saturated heterocycles. The zero-order valence-corrected chi connectivity index (χ0v) is 22.3. The highest BCUT2D eigenvalue weighted by atomic mass is 19.2. The molecule has 42 heavy (non-hydrogen) atoms. The number of halogens is 5. The molecule has 1 aliphatic rings. The van der Waals surface area contributed by atoms with Crippen molar-refractivity contribution in [3.8, 4) is 5.75 Å². The fourth-order valence-corrected chi connectivity index (χ4v) is 4.06. The Morgan fingerprint density at radius 3 is 2.26 bits per heavy atom. The highest BCUT2D eigenvalue weighted by Crippen LogP contribution is 2.27. The minimum atomic E-state index is -1.69. The first-order valence-corrected chi connectivity index (χ1v) is 13.0. The molecule has 3 aromatic rings. The fraction of sp³-hybridized carbons (Fsp3) is 0.219. The van der Waals surface area contributed by atoms with Crippen LogP contribution in [0.15, 0.2) is 73.6 Å². The zero-order chi connectivity index (χ0) is 30.1. The summed E-state index contributed by atoms with van der Waals surface area (Å²) in [4.78, 5) is 12.6. The van der Waals surface area contributed by atoms with Gasteiger partial charge in [0.05, 0.1) is 24.3 Å². The number of rotatable bonds is 11. The van der Waals surface area contributed by atoms with Crippen LogP contribution in [0.4, 0.5) is 22.0 Å². The van der Waals surface area contributed by atoms with Crippen molar-refractivity contribution in [1.29, 1.82) is 0 Å². The highest BCUT2D eigenvalue weighted by molar-refractivity contribution is 5.91. The molecule has 0 aromatic heterocycles. The second-order valence-electron chi connectivity index (χ2n) is 9.27. The molecule has 1 aliphatic heterocycles. The van der Waals surface area contributed by atoms with Crippen LogP contribution in [0.1, 0.15) is 51.7 Å². The van der Waals surface area contributed by atoms with Crippen molar-refractivity contribution in [3.05, 3.63) is 119 Å². The molecule has 5 nitrogen and oxygen atoms in total. The van der Waals surface area contributed by atoms with E-state index in [9.17, 15) is 26.7 Å². The van der Waals surface area contributed by atoms with Gasteiger partial charge in [0.25, 0.3) is 0 Å². The lowest BCUT2D eigenvalue weighted by Gasteiger charge is -2.29. The number of ether oxygens (including phenoxy) is 4. The van der Waals surface area contributed by atoms with E-state index in [1.807, 2.05) is 6.08 Å². The average molecular weight is 587 g/mol. The van der Waals surface area contributed by atoms with Crippen LogP contribution in [0.5, 0.6) is 5.75 Å². The Hall–Kier alpha value is -4.12. The fourth-order valence-electron chi connectivity index (χ4n) is 4.06. The Morgan fingerprint density at radius 2 is 1.64 bits per heavy atom. The van der Waals surface area contributed by atoms with E-state index in [2.05, 4.69) is 6.58 Å². The number of carbonyl (C=O) groups excluding carboxylic acids is 1. The molecule has 0 atom stereocenters. The van der Waals surface area contributed by atoms with Gasteiger partial charge in [0.15, 0.2) is 12.1 Å². The van der Waals surface area contributed by atoms with Crippen molar-refractivity contribution < 1.29 is 45.7 Å². The van der Waals surface area contributed by atoms with E-state index < -0.39 is 47.4 Å². The Kier molecular flexibility index (Phi) is 10.8. The van der Waals surface area contributed by atoms with Gasteiger partial charge < -0.3 is 18.9 Å². The number of allylic oxidation sites excluding steroid dienone is 1. The van der Waals surface area contributed by atoms with Gasteiger partial charge in [0.1, 0.15) is 35.6 Å². The third-order valence-corrected chi connectivity index (χ3v) is 6.23. The van der Waals surface area contributed by atoms with Crippen LogP contribution in [0.2, 0.25) is 0 Å². The maximum absolute atomic E-state index is 14.7. The molecule has 0 radical (unpaired) electrons. The Morgan fingerprint density at radius 1 is 0.952 bits per heavy atom. The number of hydrogen-bond donors (Lipinski definition) is 0. The summed E-state index contributed by atoms with van der Waals surface area (Å²) in [6, 6.07) is 11.6.